The number of quaternary nitrogens is 1. The SMILES string of the molecule is CC/C=C\C/C=C\C/C=C\C/C=C\CCCCCCCCC(=O)OC(COC(=O)CCCCCCCCCCCCCCCCCCCCCCCCCCC)COC(OCC[N+](C)(C)C)C(=O)O. The minimum absolute atomic E-state index is 0.184. The number of unbranched alkanes of at least 4 members (excludes halogenated alkanes) is 30. The monoisotopic (exact) mass is 973 g/mol. The van der Waals surface area contributed by atoms with Gasteiger partial charge in [-0.3, -0.25) is 9.59 Å². The molecule has 9 heteroatoms. The van der Waals surface area contributed by atoms with Crippen molar-refractivity contribution in [2.45, 2.75) is 270 Å². The quantitative estimate of drug-likeness (QED) is 0.0211. The van der Waals surface area contributed by atoms with Crippen LogP contribution >= 0.6 is 0 Å². The molecule has 0 aliphatic carbocycles. The Morgan fingerprint density at radius 2 is 0.826 bits per heavy atom. The minimum Gasteiger partial charge on any atom is -0.477 e. The van der Waals surface area contributed by atoms with Crippen molar-refractivity contribution in [1.82, 2.24) is 0 Å². The molecule has 0 saturated carbocycles. The van der Waals surface area contributed by atoms with E-state index in [1.165, 1.54) is 141 Å². The van der Waals surface area contributed by atoms with E-state index in [0.29, 0.717) is 23.9 Å². The van der Waals surface area contributed by atoms with E-state index in [4.69, 9.17) is 18.9 Å². The molecule has 0 radical (unpaired) electrons. The Morgan fingerprint density at radius 3 is 1.23 bits per heavy atom. The Labute approximate surface area is 425 Å². The molecule has 0 aliphatic rings. The number of carbonyl (C=O) groups excluding carboxylic acids is 2. The van der Waals surface area contributed by atoms with Gasteiger partial charge in [0.1, 0.15) is 13.2 Å². The maximum Gasteiger partial charge on any atom is 0.361 e. The Kier molecular flexibility index (Phi) is 49.5. The molecule has 0 aromatic carbocycles. The van der Waals surface area contributed by atoms with Crippen LogP contribution < -0.4 is 0 Å². The number of likely N-dealkylation sites (N-methyl/N-ethyl adjacent to an activating group) is 1. The summed E-state index contributed by atoms with van der Waals surface area (Å²) in [6.07, 6.45) is 60.5. The predicted molar refractivity (Wildman–Crippen MR) is 290 cm³/mol. The molecular weight excluding hydrogens is 863 g/mol. The summed E-state index contributed by atoms with van der Waals surface area (Å²) in [6, 6.07) is 0. The number of hydrogen-bond acceptors (Lipinski definition) is 7. The molecule has 0 amide bonds. The van der Waals surface area contributed by atoms with Gasteiger partial charge in [-0.05, 0) is 51.4 Å². The van der Waals surface area contributed by atoms with Gasteiger partial charge < -0.3 is 28.5 Å². The number of nitrogens with zero attached hydrogens (tertiary/aromatic N) is 1. The fourth-order valence-corrected chi connectivity index (χ4v) is 8.18. The van der Waals surface area contributed by atoms with E-state index in [1.807, 2.05) is 21.1 Å². The van der Waals surface area contributed by atoms with Crippen molar-refractivity contribution in [2.24, 2.45) is 0 Å². The lowest BCUT2D eigenvalue weighted by molar-refractivity contribution is -0.870. The molecule has 9 nitrogen and oxygen atoms in total. The van der Waals surface area contributed by atoms with Crippen molar-refractivity contribution in [2.75, 3.05) is 47.5 Å². The van der Waals surface area contributed by atoms with Gasteiger partial charge in [-0.2, -0.15) is 0 Å². The number of aliphatic carboxylic acids is 1. The van der Waals surface area contributed by atoms with Gasteiger partial charge in [0.15, 0.2) is 6.10 Å². The van der Waals surface area contributed by atoms with Crippen LogP contribution in [0.5, 0.6) is 0 Å². The number of allylic oxidation sites excluding steroid dienone is 8. The maximum absolute atomic E-state index is 12.8. The summed E-state index contributed by atoms with van der Waals surface area (Å²) in [7, 11) is 5.96. The van der Waals surface area contributed by atoms with E-state index in [2.05, 4.69) is 62.5 Å². The minimum atomic E-state index is -1.51. The van der Waals surface area contributed by atoms with Gasteiger partial charge in [-0.25, -0.2) is 4.79 Å². The van der Waals surface area contributed by atoms with E-state index in [1.54, 1.807) is 0 Å². The zero-order valence-electron chi connectivity index (χ0n) is 45.7. The van der Waals surface area contributed by atoms with Gasteiger partial charge >= 0.3 is 17.9 Å². The summed E-state index contributed by atoms with van der Waals surface area (Å²) < 4.78 is 22.9. The third kappa shape index (κ3) is 52.9. The summed E-state index contributed by atoms with van der Waals surface area (Å²) >= 11 is 0. The summed E-state index contributed by atoms with van der Waals surface area (Å²) in [5, 5.41) is 9.69. The molecule has 0 aliphatic heterocycles. The van der Waals surface area contributed by atoms with Crippen LogP contribution in [0.1, 0.15) is 258 Å². The number of carboxylic acid groups (broad SMARTS) is 1. The molecule has 0 saturated heterocycles. The summed E-state index contributed by atoms with van der Waals surface area (Å²) in [5.41, 5.74) is 0. The fraction of sp³-hybridized carbons (Fsp3) is 0.817. The molecule has 2 atom stereocenters. The number of hydrogen-bond donors (Lipinski definition) is 1. The van der Waals surface area contributed by atoms with Crippen molar-refractivity contribution < 1.29 is 42.9 Å². The van der Waals surface area contributed by atoms with Crippen LogP contribution in [0.4, 0.5) is 0 Å². The van der Waals surface area contributed by atoms with E-state index in [9.17, 15) is 19.5 Å². The first-order chi connectivity index (χ1) is 33.6. The standard InChI is InChI=1S/C60H109NO8/c1-6-8-10-12-14-16-18-20-22-24-26-27-28-29-30-31-33-34-36-38-40-42-44-46-48-50-57(62)67-54-56(55-68-60(59(64)65)66-53-52-61(3,4)5)69-58(63)51-49-47-45-43-41-39-37-35-32-25-23-21-19-17-15-13-11-9-7-2/h9,11,15,17,21,23,32,35,56,60H,6-8,10,12-14,16,18-20,22,24-31,33-34,36-55H2,1-5H3/p+1/b11-9-,17-15-,23-21-,35-32-. The van der Waals surface area contributed by atoms with Crippen molar-refractivity contribution in [3.63, 3.8) is 0 Å². The van der Waals surface area contributed by atoms with Gasteiger partial charge in [0.05, 0.1) is 34.4 Å². The number of ether oxygens (including phenoxy) is 4. The average molecular weight is 974 g/mol. The van der Waals surface area contributed by atoms with Gasteiger partial charge in [0.2, 0.25) is 0 Å². The molecule has 0 fully saturated rings. The second kappa shape index (κ2) is 51.6. The maximum atomic E-state index is 12.8. The van der Waals surface area contributed by atoms with Crippen molar-refractivity contribution >= 4 is 17.9 Å². The molecule has 2 unspecified atom stereocenters. The largest absolute Gasteiger partial charge is 0.477 e. The average Bonchev–Trinajstić information content (AvgIpc) is 3.31. The first-order valence-corrected chi connectivity index (χ1v) is 28.8. The smallest absolute Gasteiger partial charge is 0.361 e. The fourth-order valence-electron chi connectivity index (χ4n) is 8.18. The molecule has 402 valence electrons. The zero-order chi connectivity index (χ0) is 50.6. The summed E-state index contributed by atoms with van der Waals surface area (Å²) in [6.45, 7) is 4.78. The molecule has 0 spiro atoms. The number of rotatable bonds is 53. The third-order valence-corrected chi connectivity index (χ3v) is 12.6. The first-order valence-electron chi connectivity index (χ1n) is 28.8. The molecule has 0 rings (SSSR count). The van der Waals surface area contributed by atoms with Crippen LogP contribution in [0.15, 0.2) is 48.6 Å². The van der Waals surface area contributed by atoms with Gasteiger partial charge in [-0.1, -0.05) is 242 Å². The summed E-state index contributed by atoms with van der Waals surface area (Å²) in [4.78, 5) is 37.4. The van der Waals surface area contributed by atoms with Gasteiger partial charge in [0, 0.05) is 12.8 Å². The number of carboxylic acids is 1. The Hall–Kier alpha value is -2.75. The molecule has 0 bridgehead atoms. The zero-order valence-corrected chi connectivity index (χ0v) is 45.7. The highest BCUT2D eigenvalue weighted by Crippen LogP contribution is 2.17. The normalized spacial score (nSPS) is 13.1. The number of carbonyl (C=O) groups is 3. The van der Waals surface area contributed by atoms with Crippen LogP contribution in [0.3, 0.4) is 0 Å². The topological polar surface area (TPSA) is 108 Å². The van der Waals surface area contributed by atoms with Gasteiger partial charge in [0.25, 0.3) is 6.29 Å². The summed E-state index contributed by atoms with van der Waals surface area (Å²) in [5.74, 6) is -2.01. The van der Waals surface area contributed by atoms with Crippen LogP contribution in [-0.4, -0.2) is 87.4 Å². The second-order valence-corrected chi connectivity index (χ2v) is 20.6. The lowest BCUT2D eigenvalue weighted by atomic mass is 10.0. The Bertz CT molecular complexity index is 1270. The van der Waals surface area contributed by atoms with Crippen LogP contribution in [0, 0.1) is 0 Å². The molecule has 69 heavy (non-hydrogen) atoms. The Morgan fingerprint density at radius 1 is 0.449 bits per heavy atom. The van der Waals surface area contributed by atoms with Crippen LogP contribution in [0.2, 0.25) is 0 Å². The molecular formula is C60H110NO8+. The molecule has 0 aromatic rings. The predicted octanol–water partition coefficient (Wildman–Crippen LogP) is 16.7. The molecule has 1 N–H and O–H groups in total. The van der Waals surface area contributed by atoms with Crippen molar-refractivity contribution in [3.8, 4) is 0 Å². The Balaban J connectivity index is 4.22. The van der Waals surface area contributed by atoms with E-state index in [0.717, 1.165) is 83.5 Å². The molecule has 0 heterocycles. The van der Waals surface area contributed by atoms with E-state index >= 15 is 0 Å². The second-order valence-electron chi connectivity index (χ2n) is 20.6. The highest BCUT2D eigenvalue weighted by atomic mass is 16.7. The lowest BCUT2D eigenvalue weighted by Crippen LogP contribution is -2.40. The highest BCUT2D eigenvalue weighted by molar-refractivity contribution is 5.71. The van der Waals surface area contributed by atoms with Gasteiger partial charge in [-0.15, -0.1) is 0 Å². The van der Waals surface area contributed by atoms with Crippen molar-refractivity contribution in [1.29, 1.82) is 0 Å². The van der Waals surface area contributed by atoms with E-state index < -0.39 is 24.3 Å². The lowest BCUT2D eigenvalue weighted by Gasteiger charge is -2.25. The van der Waals surface area contributed by atoms with Crippen LogP contribution in [-0.2, 0) is 33.3 Å². The van der Waals surface area contributed by atoms with Crippen LogP contribution in [0.25, 0.3) is 0 Å². The number of esters is 2. The highest BCUT2D eigenvalue weighted by Gasteiger charge is 2.25. The van der Waals surface area contributed by atoms with Crippen molar-refractivity contribution in [3.05, 3.63) is 48.6 Å². The third-order valence-electron chi connectivity index (χ3n) is 12.6. The van der Waals surface area contributed by atoms with E-state index in [-0.39, 0.29) is 32.2 Å². The molecule has 0 aromatic heterocycles. The first kappa shape index (κ1) is 66.2.